The number of nitrogens with one attached hydrogen (secondary N) is 2. The summed E-state index contributed by atoms with van der Waals surface area (Å²) in [7, 11) is -4.27. The van der Waals surface area contributed by atoms with Crippen LogP contribution in [0, 0.1) is 37.8 Å². The SMILES string of the molecule is Cc1ccc(NS(=O)(=O)c2cc([N+](=O)[O-])ccc2N=Nc2c(O)[nH]c3c(C)c(C)ccc23)c(C)c1. The minimum atomic E-state index is -4.27. The molecular weight excluding hydrogens is 470 g/mol. The molecule has 11 heteroatoms. The van der Waals surface area contributed by atoms with Crippen molar-refractivity contribution in [2.75, 3.05) is 4.72 Å². The number of nitro groups is 1. The fourth-order valence-electron chi connectivity index (χ4n) is 3.73. The van der Waals surface area contributed by atoms with Crippen molar-refractivity contribution in [1.82, 2.24) is 4.98 Å². The summed E-state index contributed by atoms with van der Waals surface area (Å²) in [5, 5.41) is 30.5. The minimum Gasteiger partial charge on any atom is -0.493 e. The van der Waals surface area contributed by atoms with Crippen LogP contribution in [-0.4, -0.2) is 23.4 Å². The van der Waals surface area contributed by atoms with Crippen LogP contribution < -0.4 is 4.72 Å². The van der Waals surface area contributed by atoms with Gasteiger partial charge in [0, 0.05) is 17.5 Å². The highest BCUT2D eigenvalue weighted by molar-refractivity contribution is 7.92. The molecule has 0 aliphatic carbocycles. The molecule has 0 saturated carbocycles. The Balaban J connectivity index is 1.81. The first-order chi connectivity index (χ1) is 16.5. The summed E-state index contributed by atoms with van der Waals surface area (Å²) in [6, 6.07) is 12.1. The third-order valence-electron chi connectivity index (χ3n) is 5.79. The van der Waals surface area contributed by atoms with Crippen molar-refractivity contribution < 1.29 is 18.4 Å². The summed E-state index contributed by atoms with van der Waals surface area (Å²) < 4.78 is 29.0. The summed E-state index contributed by atoms with van der Waals surface area (Å²) in [5.41, 5.74) is 4.22. The van der Waals surface area contributed by atoms with Gasteiger partial charge in [-0.1, -0.05) is 29.8 Å². The van der Waals surface area contributed by atoms with Gasteiger partial charge in [0.05, 0.1) is 16.1 Å². The van der Waals surface area contributed by atoms with Crippen LogP contribution in [0.1, 0.15) is 22.3 Å². The molecule has 10 nitrogen and oxygen atoms in total. The van der Waals surface area contributed by atoms with Crippen molar-refractivity contribution in [3.05, 3.63) is 80.9 Å². The van der Waals surface area contributed by atoms with E-state index in [1.54, 1.807) is 25.1 Å². The van der Waals surface area contributed by atoms with Crippen molar-refractivity contribution in [2.24, 2.45) is 10.2 Å². The second-order valence-electron chi connectivity index (χ2n) is 8.29. The summed E-state index contributed by atoms with van der Waals surface area (Å²) in [4.78, 5) is 13.1. The molecule has 180 valence electrons. The third-order valence-corrected chi connectivity index (χ3v) is 7.18. The standard InChI is InChI=1S/C24H23N5O5S/c1-13-5-9-19(15(3)11-13)28-35(33,34)21-12-17(29(31)32)7-10-20(21)26-27-23-18-8-6-14(2)16(4)22(18)25-24(23)30/h5-12,25,28,30H,1-4H3. The zero-order valence-electron chi connectivity index (χ0n) is 19.4. The second-order valence-corrected chi connectivity index (χ2v) is 9.94. The molecule has 0 unspecified atom stereocenters. The number of aromatic amines is 1. The van der Waals surface area contributed by atoms with Crippen LogP contribution in [0.5, 0.6) is 5.88 Å². The quantitative estimate of drug-likeness (QED) is 0.165. The van der Waals surface area contributed by atoms with E-state index in [-0.39, 0.29) is 17.3 Å². The maximum absolute atomic E-state index is 13.3. The molecule has 0 saturated heterocycles. The Labute approximate surface area is 201 Å². The molecule has 0 radical (unpaired) electrons. The molecule has 4 aromatic rings. The number of fused-ring (bicyclic) bond motifs is 1. The molecule has 0 aliphatic heterocycles. The molecule has 1 aromatic heterocycles. The maximum atomic E-state index is 13.3. The Kier molecular flexibility index (Phi) is 6.03. The number of H-pyrrole nitrogens is 1. The van der Waals surface area contributed by atoms with Gasteiger partial charge in [-0.3, -0.25) is 14.8 Å². The highest BCUT2D eigenvalue weighted by atomic mass is 32.2. The number of non-ortho nitro benzene ring substituents is 1. The van der Waals surface area contributed by atoms with Gasteiger partial charge in [0.2, 0.25) is 5.88 Å². The summed E-state index contributed by atoms with van der Waals surface area (Å²) in [6.07, 6.45) is 0. The molecule has 3 N–H and O–H groups in total. The second kappa shape index (κ2) is 8.84. The van der Waals surface area contributed by atoms with Crippen LogP contribution in [-0.2, 0) is 10.0 Å². The van der Waals surface area contributed by atoms with E-state index in [0.717, 1.165) is 28.8 Å². The first-order valence-electron chi connectivity index (χ1n) is 10.6. The first-order valence-corrected chi connectivity index (χ1v) is 12.1. The fourth-order valence-corrected chi connectivity index (χ4v) is 5.02. The van der Waals surface area contributed by atoms with Crippen molar-refractivity contribution in [1.29, 1.82) is 0 Å². The predicted molar refractivity (Wildman–Crippen MR) is 133 cm³/mol. The minimum absolute atomic E-state index is 0.120. The van der Waals surface area contributed by atoms with E-state index in [1.165, 1.54) is 6.07 Å². The van der Waals surface area contributed by atoms with Crippen molar-refractivity contribution in [3.63, 3.8) is 0 Å². The number of anilines is 1. The van der Waals surface area contributed by atoms with Crippen molar-refractivity contribution >= 4 is 43.7 Å². The molecule has 1 heterocycles. The number of benzene rings is 3. The van der Waals surface area contributed by atoms with Gasteiger partial charge in [0.15, 0.2) is 5.69 Å². The molecule has 0 bridgehead atoms. The Bertz CT molecular complexity index is 1620. The summed E-state index contributed by atoms with van der Waals surface area (Å²) in [6.45, 7) is 7.47. The van der Waals surface area contributed by atoms with Crippen LogP contribution in [0.3, 0.4) is 0 Å². The molecule has 3 aromatic carbocycles. The van der Waals surface area contributed by atoms with E-state index in [0.29, 0.717) is 22.2 Å². The number of azo groups is 1. The van der Waals surface area contributed by atoms with Gasteiger partial charge >= 0.3 is 0 Å². The van der Waals surface area contributed by atoms with E-state index in [9.17, 15) is 23.6 Å². The van der Waals surface area contributed by atoms with E-state index in [2.05, 4.69) is 19.9 Å². The molecule has 0 atom stereocenters. The molecule has 0 aliphatic rings. The Morgan fingerprint density at radius 1 is 0.971 bits per heavy atom. The molecule has 0 spiro atoms. The normalized spacial score (nSPS) is 11.9. The average Bonchev–Trinajstić information content (AvgIpc) is 3.12. The Hall–Kier alpha value is -4.25. The monoisotopic (exact) mass is 493 g/mol. The van der Waals surface area contributed by atoms with Crippen LogP contribution in [0.4, 0.5) is 22.7 Å². The number of sulfonamides is 1. The highest BCUT2D eigenvalue weighted by Crippen LogP contribution is 2.39. The molecular formula is C24H23N5O5S. The van der Waals surface area contributed by atoms with Gasteiger partial charge in [-0.15, -0.1) is 10.2 Å². The highest BCUT2D eigenvalue weighted by Gasteiger charge is 2.24. The van der Waals surface area contributed by atoms with Crippen LogP contribution in [0.2, 0.25) is 0 Å². The van der Waals surface area contributed by atoms with Crippen molar-refractivity contribution in [2.45, 2.75) is 32.6 Å². The van der Waals surface area contributed by atoms with Crippen molar-refractivity contribution in [3.8, 4) is 5.88 Å². The van der Waals surface area contributed by atoms with E-state index in [4.69, 9.17) is 0 Å². The van der Waals surface area contributed by atoms with Gasteiger partial charge in [0.25, 0.3) is 15.7 Å². The molecule has 0 fully saturated rings. The van der Waals surface area contributed by atoms with Gasteiger partial charge < -0.3 is 10.1 Å². The zero-order valence-corrected chi connectivity index (χ0v) is 20.3. The van der Waals surface area contributed by atoms with Gasteiger partial charge in [0.1, 0.15) is 10.6 Å². The lowest BCUT2D eigenvalue weighted by Gasteiger charge is -2.12. The lowest BCUT2D eigenvalue weighted by molar-refractivity contribution is -0.385. The van der Waals surface area contributed by atoms with E-state index >= 15 is 0 Å². The van der Waals surface area contributed by atoms with Crippen LogP contribution in [0.25, 0.3) is 10.9 Å². The lowest BCUT2D eigenvalue weighted by Crippen LogP contribution is -2.14. The van der Waals surface area contributed by atoms with Gasteiger partial charge in [-0.05, 0) is 56.5 Å². The lowest BCUT2D eigenvalue weighted by atomic mass is 10.1. The zero-order chi connectivity index (χ0) is 25.5. The molecule has 4 rings (SSSR count). The van der Waals surface area contributed by atoms with Crippen LogP contribution >= 0.6 is 0 Å². The number of aryl methyl sites for hydroxylation is 4. The molecule has 35 heavy (non-hydrogen) atoms. The summed E-state index contributed by atoms with van der Waals surface area (Å²) >= 11 is 0. The van der Waals surface area contributed by atoms with Gasteiger partial charge in [-0.2, -0.15) is 0 Å². The third kappa shape index (κ3) is 4.58. The Morgan fingerprint density at radius 3 is 2.40 bits per heavy atom. The fraction of sp³-hybridized carbons (Fsp3) is 0.167. The smallest absolute Gasteiger partial charge is 0.270 e. The number of rotatable bonds is 6. The first kappa shape index (κ1) is 23.9. The average molecular weight is 494 g/mol. The predicted octanol–water partition coefficient (Wildman–Crippen LogP) is 6.23. The van der Waals surface area contributed by atoms with Gasteiger partial charge in [-0.25, -0.2) is 8.42 Å². The topological polar surface area (TPSA) is 150 Å². The number of hydrogen-bond acceptors (Lipinski definition) is 7. The Morgan fingerprint density at radius 2 is 1.71 bits per heavy atom. The van der Waals surface area contributed by atoms with Crippen LogP contribution in [0.15, 0.2) is 63.7 Å². The maximum Gasteiger partial charge on any atom is 0.270 e. The molecule has 0 amide bonds. The number of nitro benzene ring substituents is 1. The number of hydrogen-bond donors (Lipinski definition) is 3. The number of aromatic nitrogens is 1. The largest absolute Gasteiger partial charge is 0.493 e. The summed E-state index contributed by atoms with van der Waals surface area (Å²) in [5.74, 6) is -0.225. The van der Waals surface area contributed by atoms with E-state index in [1.807, 2.05) is 32.9 Å². The number of aromatic hydroxyl groups is 1. The van der Waals surface area contributed by atoms with E-state index < -0.39 is 25.5 Å². The number of nitrogens with zero attached hydrogens (tertiary/aromatic N) is 3.